The first-order chi connectivity index (χ1) is 11.8. The summed E-state index contributed by atoms with van der Waals surface area (Å²) in [6, 6.07) is 8.02. The number of amides is 1. The Balaban J connectivity index is 1.43. The number of aromatic nitrogens is 2. The van der Waals surface area contributed by atoms with E-state index in [4.69, 9.17) is 9.47 Å². The van der Waals surface area contributed by atoms with Crippen LogP contribution in [0.2, 0.25) is 0 Å². The third-order valence-corrected chi connectivity index (χ3v) is 4.50. The van der Waals surface area contributed by atoms with Crippen molar-refractivity contribution in [2.24, 2.45) is 0 Å². The van der Waals surface area contributed by atoms with Crippen molar-refractivity contribution >= 4 is 5.91 Å². The van der Waals surface area contributed by atoms with Crippen molar-refractivity contribution in [2.75, 3.05) is 19.7 Å². The molecule has 4 rings (SSSR count). The first-order valence-electron chi connectivity index (χ1n) is 8.22. The van der Waals surface area contributed by atoms with Gasteiger partial charge in [-0.1, -0.05) is 24.3 Å². The van der Waals surface area contributed by atoms with Crippen molar-refractivity contribution in [3.8, 4) is 5.88 Å². The van der Waals surface area contributed by atoms with Crippen LogP contribution in [-0.4, -0.2) is 46.6 Å². The van der Waals surface area contributed by atoms with Crippen molar-refractivity contribution in [1.29, 1.82) is 0 Å². The summed E-state index contributed by atoms with van der Waals surface area (Å²) in [6.07, 6.45) is 5.89. The Labute approximate surface area is 140 Å². The van der Waals surface area contributed by atoms with Crippen molar-refractivity contribution in [1.82, 2.24) is 14.9 Å². The molecule has 1 aromatic carbocycles. The van der Waals surface area contributed by atoms with Gasteiger partial charge in [-0.2, -0.15) is 0 Å². The molecular formula is C18H19N3O3. The van der Waals surface area contributed by atoms with Crippen LogP contribution in [0.3, 0.4) is 0 Å². The molecule has 24 heavy (non-hydrogen) atoms. The van der Waals surface area contributed by atoms with Gasteiger partial charge in [0.05, 0.1) is 19.3 Å². The second-order valence-corrected chi connectivity index (χ2v) is 6.06. The van der Waals surface area contributed by atoms with Gasteiger partial charge in [-0.05, 0) is 17.5 Å². The lowest BCUT2D eigenvalue weighted by Gasteiger charge is -2.28. The van der Waals surface area contributed by atoms with E-state index in [2.05, 4.69) is 16.0 Å². The molecule has 6 heteroatoms. The molecule has 1 saturated heterocycles. The molecule has 0 spiro atoms. The fraction of sp³-hybridized carbons (Fsp3) is 0.389. The number of ether oxygens (including phenoxy) is 2. The molecule has 124 valence electrons. The maximum absolute atomic E-state index is 12.9. The minimum absolute atomic E-state index is 0.0207. The third kappa shape index (κ3) is 2.97. The van der Waals surface area contributed by atoms with Gasteiger partial charge in [-0.15, -0.1) is 0 Å². The van der Waals surface area contributed by atoms with Gasteiger partial charge in [-0.25, -0.2) is 4.98 Å². The maximum atomic E-state index is 12.9. The molecule has 1 amide bonds. The van der Waals surface area contributed by atoms with E-state index < -0.39 is 6.10 Å². The highest BCUT2D eigenvalue weighted by atomic mass is 16.5. The van der Waals surface area contributed by atoms with Crippen molar-refractivity contribution in [3.63, 3.8) is 0 Å². The average Bonchev–Trinajstić information content (AvgIpc) is 3.10. The quantitative estimate of drug-likeness (QED) is 0.860. The number of likely N-dealkylation sites (tertiary alicyclic amines) is 1. The van der Waals surface area contributed by atoms with E-state index in [-0.39, 0.29) is 12.0 Å². The van der Waals surface area contributed by atoms with Gasteiger partial charge >= 0.3 is 0 Å². The zero-order valence-corrected chi connectivity index (χ0v) is 13.3. The van der Waals surface area contributed by atoms with E-state index in [1.165, 1.54) is 5.56 Å². The SMILES string of the molecule is O=C([C@@H]1OCCc2ccccc21)N1CC[C@@H](Oc2cnccn2)C1. The van der Waals surface area contributed by atoms with E-state index >= 15 is 0 Å². The summed E-state index contributed by atoms with van der Waals surface area (Å²) in [7, 11) is 0. The first kappa shape index (κ1) is 15.1. The fourth-order valence-electron chi connectivity index (χ4n) is 3.31. The summed E-state index contributed by atoms with van der Waals surface area (Å²) < 4.78 is 11.6. The highest BCUT2D eigenvalue weighted by Gasteiger charge is 2.35. The van der Waals surface area contributed by atoms with Gasteiger partial charge < -0.3 is 14.4 Å². The zero-order valence-electron chi connectivity index (χ0n) is 13.3. The molecule has 0 aliphatic carbocycles. The summed E-state index contributed by atoms with van der Waals surface area (Å²) in [4.78, 5) is 22.8. The predicted molar refractivity (Wildman–Crippen MR) is 86.5 cm³/mol. The number of carbonyl (C=O) groups excluding carboxylic acids is 1. The number of benzene rings is 1. The number of nitrogens with zero attached hydrogens (tertiary/aromatic N) is 3. The summed E-state index contributed by atoms with van der Waals surface area (Å²) >= 11 is 0. The van der Waals surface area contributed by atoms with Gasteiger partial charge in [0.2, 0.25) is 5.88 Å². The Hall–Kier alpha value is -2.47. The molecule has 2 aliphatic heterocycles. The Bertz CT molecular complexity index is 722. The molecular weight excluding hydrogens is 306 g/mol. The third-order valence-electron chi connectivity index (χ3n) is 4.50. The molecule has 0 N–H and O–H groups in total. The lowest BCUT2D eigenvalue weighted by Crippen LogP contribution is -2.37. The molecule has 0 saturated carbocycles. The predicted octanol–water partition coefficient (Wildman–Crippen LogP) is 1.77. The maximum Gasteiger partial charge on any atom is 0.256 e. The normalized spacial score (nSPS) is 22.9. The summed E-state index contributed by atoms with van der Waals surface area (Å²) in [6.45, 7) is 1.81. The van der Waals surface area contributed by atoms with Crippen LogP contribution in [0.5, 0.6) is 5.88 Å². The average molecular weight is 325 g/mol. The smallest absolute Gasteiger partial charge is 0.256 e. The number of fused-ring (bicyclic) bond motifs is 1. The van der Waals surface area contributed by atoms with Crippen molar-refractivity contribution < 1.29 is 14.3 Å². The van der Waals surface area contributed by atoms with Crippen LogP contribution in [0.1, 0.15) is 23.7 Å². The van der Waals surface area contributed by atoms with Crippen LogP contribution in [0, 0.1) is 0 Å². The molecule has 0 bridgehead atoms. The zero-order chi connectivity index (χ0) is 16.4. The van der Waals surface area contributed by atoms with Crippen LogP contribution in [0.4, 0.5) is 0 Å². The minimum atomic E-state index is -0.495. The molecule has 1 fully saturated rings. The Morgan fingerprint density at radius 3 is 3.08 bits per heavy atom. The van der Waals surface area contributed by atoms with E-state index in [1.807, 2.05) is 23.1 Å². The van der Waals surface area contributed by atoms with Gasteiger partial charge in [0, 0.05) is 25.4 Å². The van der Waals surface area contributed by atoms with Crippen molar-refractivity contribution in [3.05, 3.63) is 54.0 Å². The van der Waals surface area contributed by atoms with Gasteiger partial charge in [0.25, 0.3) is 5.91 Å². The fourth-order valence-corrected chi connectivity index (χ4v) is 3.31. The van der Waals surface area contributed by atoms with Crippen LogP contribution >= 0.6 is 0 Å². The van der Waals surface area contributed by atoms with Gasteiger partial charge in [0.15, 0.2) is 6.10 Å². The van der Waals surface area contributed by atoms with Crippen LogP contribution in [-0.2, 0) is 16.0 Å². The summed E-state index contributed by atoms with van der Waals surface area (Å²) in [5.41, 5.74) is 2.20. The molecule has 1 aromatic heterocycles. The van der Waals surface area contributed by atoms with Crippen LogP contribution < -0.4 is 4.74 Å². The molecule has 2 aliphatic rings. The lowest BCUT2D eigenvalue weighted by atomic mass is 9.97. The van der Waals surface area contributed by atoms with Gasteiger partial charge in [-0.3, -0.25) is 9.78 Å². The van der Waals surface area contributed by atoms with E-state index in [9.17, 15) is 4.79 Å². The lowest BCUT2D eigenvalue weighted by molar-refractivity contribution is -0.144. The number of hydrogen-bond donors (Lipinski definition) is 0. The van der Waals surface area contributed by atoms with Crippen LogP contribution in [0.25, 0.3) is 0 Å². The van der Waals surface area contributed by atoms with Crippen molar-refractivity contribution in [2.45, 2.75) is 25.0 Å². The van der Waals surface area contributed by atoms with E-state index in [0.29, 0.717) is 25.6 Å². The Kier molecular flexibility index (Phi) is 4.13. The molecule has 2 aromatic rings. The Morgan fingerprint density at radius 2 is 2.21 bits per heavy atom. The highest BCUT2D eigenvalue weighted by molar-refractivity contribution is 5.83. The topological polar surface area (TPSA) is 64.5 Å². The van der Waals surface area contributed by atoms with E-state index in [1.54, 1.807) is 18.6 Å². The molecule has 0 radical (unpaired) electrons. The summed E-state index contributed by atoms with van der Waals surface area (Å²) in [5, 5.41) is 0. The molecule has 6 nitrogen and oxygen atoms in total. The summed E-state index contributed by atoms with van der Waals surface area (Å²) in [5.74, 6) is 0.517. The largest absolute Gasteiger partial charge is 0.471 e. The second kappa shape index (κ2) is 6.57. The number of rotatable bonds is 3. The van der Waals surface area contributed by atoms with E-state index in [0.717, 1.165) is 18.4 Å². The standard InChI is InChI=1S/C18H19N3O3/c22-18(17-15-4-2-1-3-13(15)6-10-23-17)21-9-5-14(12-21)24-16-11-19-7-8-20-16/h1-4,7-8,11,14,17H,5-6,9-10,12H2/t14-,17-/m1/s1. The minimum Gasteiger partial charge on any atom is -0.471 e. The number of carbonyl (C=O) groups is 1. The monoisotopic (exact) mass is 325 g/mol. The van der Waals surface area contributed by atoms with Crippen LogP contribution in [0.15, 0.2) is 42.9 Å². The highest BCUT2D eigenvalue weighted by Crippen LogP contribution is 2.30. The molecule has 2 atom stereocenters. The van der Waals surface area contributed by atoms with Gasteiger partial charge in [0.1, 0.15) is 6.10 Å². The molecule has 0 unspecified atom stereocenters. The Morgan fingerprint density at radius 1 is 1.29 bits per heavy atom. The number of hydrogen-bond acceptors (Lipinski definition) is 5. The second-order valence-electron chi connectivity index (χ2n) is 6.06. The molecule has 3 heterocycles. The first-order valence-corrected chi connectivity index (χ1v) is 8.22.